The predicted octanol–water partition coefficient (Wildman–Crippen LogP) is 5.21. The van der Waals surface area contributed by atoms with Gasteiger partial charge in [-0.3, -0.25) is 0 Å². The molecule has 0 bridgehead atoms. The smallest absolute Gasteiger partial charge is 0.0355 e. The van der Waals surface area contributed by atoms with Gasteiger partial charge in [-0.25, -0.2) is 0 Å². The molecule has 3 atom stereocenters. The minimum Gasteiger partial charge on any atom is -0.310 e. The average Bonchev–Trinajstić information content (AvgIpc) is 3.29. The van der Waals surface area contributed by atoms with Crippen LogP contribution in [0.1, 0.15) is 42.0 Å². The fourth-order valence-electron chi connectivity index (χ4n) is 3.21. The minimum absolute atomic E-state index is 0.456. The molecule has 2 heteroatoms. The lowest BCUT2D eigenvalue weighted by Gasteiger charge is -2.19. The number of halogens is 1. The molecular formula is C19H22BrN. The van der Waals surface area contributed by atoms with Crippen LogP contribution in [0.5, 0.6) is 0 Å². The third-order valence-corrected chi connectivity index (χ3v) is 5.33. The van der Waals surface area contributed by atoms with Gasteiger partial charge < -0.3 is 5.32 Å². The quantitative estimate of drug-likeness (QED) is 0.785. The second-order valence-electron chi connectivity index (χ2n) is 5.96. The molecule has 1 aliphatic carbocycles. The topological polar surface area (TPSA) is 12.0 Å². The molecule has 0 radical (unpaired) electrons. The summed E-state index contributed by atoms with van der Waals surface area (Å²) >= 11 is 3.67. The SMILES string of the molecule is CCNC(c1ccc(C)c(Br)c1)C1CC1c1ccccc1. The molecule has 2 aromatic rings. The molecule has 0 amide bonds. The lowest BCUT2D eigenvalue weighted by molar-refractivity contribution is 0.487. The predicted molar refractivity (Wildman–Crippen MR) is 92.6 cm³/mol. The number of hydrogen-bond donors (Lipinski definition) is 1. The van der Waals surface area contributed by atoms with E-state index in [-0.39, 0.29) is 0 Å². The molecule has 3 unspecified atom stereocenters. The van der Waals surface area contributed by atoms with Crippen LogP contribution in [-0.4, -0.2) is 6.54 Å². The Hall–Kier alpha value is -1.12. The Kier molecular flexibility index (Phi) is 4.46. The van der Waals surface area contributed by atoms with E-state index in [4.69, 9.17) is 0 Å². The van der Waals surface area contributed by atoms with Crippen molar-refractivity contribution in [2.75, 3.05) is 6.54 Å². The van der Waals surface area contributed by atoms with E-state index in [9.17, 15) is 0 Å². The number of hydrogen-bond acceptors (Lipinski definition) is 1. The first-order chi connectivity index (χ1) is 10.2. The van der Waals surface area contributed by atoms with Crippen LogP contribution < -0.4 is 5.32 Å². The maximum atomic E-state index is 3.69. The zero-order valence-electron chi connectivity index (χ0n) is 12.6. The largest absolute Gasteiger partial charge is 0.310 e. The Labute approximate surface area is 135 Å². The van der Waals surface area contributed by atoms with Crippen LogP contribution in [0.25, 0.3) is 0 Å². The van der Waals surface area contributed by atoms with Gasteiger partial charge in [0.25, 0.3) is 0 Å². The van der Waals surface area contributed by atoms with Crippen molar-refractivity contribution in [2.24, 2.45) is 5.92 Å². The summed E-state index contributed by atoms with van der Waals surface area (Å²) in [5, 5.41) is 3.69. The third-order valence-electron chi connectivity index (χ3n) is 4.47. The zero-order chi connectivity index (χ0) is 14.8. The van der Waals surface area contributed by atoms with Gasteiger partial charge in [-0.15, -0.1) is 0 Å². The summed E-state index contributed by atoms with van der Waals surface area (Å²) in [6, 6.07) is 18.1. The van der Waals surface area contributed by atoms with Crippen LogP contribution in [0.15, 0.2) is 53.0 Å². The van der Waals surface area contributed by atoms with Crippen molar-refractivity contribution in [3.63, 3.8) is 0 Å². The van der Waals surface area contributed by atoms with Crippen LogP contribution in [0.3, 0.4) is 0 Å². The third kappa shape index (κ3) is 3.22. The molecule has 0 saturated heterocycles. The maximum Gasteiger partial charge on any atom is 0.0355 e. The van der Waals surface area contributed by atoms with Crippen LogP contribution in [0.2, 0.25) is 0 Å². The Bertz CT molecular complexity index is 608. The molecule has 3 rings (SSSR count). The highest BCUT2D eigenvalue weighted by molar-refractivity contribution is 9.10. The molecule has 1 nitrogen and oxygen atoms in total. The highest BCUT2D eigenvalue weighted by atomic mass is 79.9. The normalized spacial score (nSPS) is 22.0. The molecule has 1 N–H and O–H groups in total. The lowest BCUT2D eigenvalue weighted by atomic mass is 9.98. The Morgan fingerprint density at radius 1 is 1.19 bits per heavy atom. The fraction of sp³-hybridized carbons (Fsp3) is 0.368. The first-order valence-corrected chi connectivity index (χ1v) is 8.54. The monoisotopic (exact) mass is 343 g/mol. The molecule has 0 spiro atoms. The van der Waals surface area contributed by atoms with E-state index >= 15 is 0 Å². The lowest BCUT2D eigenvalue weighted by Crippen LogP contribution is -2.23. The van der Waals surface area contributed by atoms with Gasteiger partial charge in [-0.05, 0) is 54.5 Å². The summed E-state index contributed by atoms with van der Waals surface area (Å²) in [5.41, 5.74) is 4.18. The number of benzene rings is 2. The van der Waals surface area contributed by atoms with Crippen molar-refractivity contribution >= 4 is 15.9 Å². The maximum absolute atomic E-state index is 3.69. The number of nitrogens with one attached hydrogen (secondary N) is 1. The highest BCUT2D eigenvalue weighted by Crippen LogP contribution is 2.54. The first-order valence-electron chi connectivity index (χ1n) is 7.75. The molecule has 1 aliphatic rings. The van der Waals surface area contributed by atoms with E-state index in [2.05, 4.69) is 83.6 Å². The zero-order valence-corrected chi connectivity index (χ0v) is 14.2. The van der Waals surface area contributed by atoms with Crippen molar-refractivity contribution in [3.8, 4) is 0 Å². The molecule has 21 heavy (non-hydrogen) atoms. The summed E-state index contributed by atoms with van der Waals surface area (Å²) in [5.74, 6) is 1.41. The van der Waals surface area contributed by atoms with Gasteiger partial charge in [-0.1, -0.05) is 65.3 Å². The molecule has 1 saturated carbocycles. The van der Waals surface area contributed by atoms with Crippen LogP contribution in [0, 0.1) is 12.8 Å². The molecule has 0 heterocycles. The average molecular weight is 344 g/mol. The van der Waals surface area contributed by atoms with Gasteiger partial charge in [-0.2, -0.15) is 0 Å². The Morgan fingerprint density at radius 3 is 2.62 bits per heavy atom. The van der Waals surface area contributed by atoms with Gasteiger partial charge in [0.2, 0.25) is 0 Å². The Morgan fingerprint density at radius 2 is 1.95 bits per heavy atom. The van der Waals surface area contributed by atoms with Gasteiger partial charge >= 0.3 is 0 Å². The van der Waals surface area contributed by atoms with Gasteiger partial charge in [0.1, 0.15) is 0 Å². The van der Waals surface area contributed by atoms with E-state index in [1.54, 1.807) is 0 Å². The second-order valence-corrected chi connectivity index (χ2v) is 6.82. The van der Waals surface area contributed by atoms with Gasteiger partial charge in [0, 0.05) is 10.5 Å². The number of rotatable bonds is 5. The fourth-order valence-corrected chi connectivity index (χ4v) is 3.60. The summed E-state index contributed by atoms with van der Waals surface area (Å²) in [4.78, 5) is 0. The minimum atomic E-state index is 0.456. The van der Waals surface area contributed by atoms with Crippen molar-refractivity contribution in [3.05, 3.63) is 69.7 Å². The Balaban J connectivity index is 1.81. The standard InChI is InChI=1S/C19H22BrN/c1-3-21-19(15-10-9-13(2)18(20)11-15)17-12-16(17)14-7-5-4-6-8-14/h4-11,16-17,19,21H,3,12H2,1-2H3. The van der Waals surface area contributed by atoms with Crippen molar-refractivity contribution in [1.82, 2.24) is 5.32 Å². The molecule has 1 fully saturated rings. The summed E-state index contributed by atoms with van der Waals surface area (Å²) < 4.78 is 1.21. The van der Waals surface area contributed by atoms with Crippen molar-refractivity contribution < 1.29 is 0 Å². The first kappa shape index (κ1) is 14.8. The van der Waals surface area contributed by atoms with E-state index in [0.717, 1.165) is 6.54 Å². The molecule has 0 aromatic heterocycles. The van der Waals surface area contributed by atoms with E-state index in [0.29, 0.717) is 17.9 Å². The summed E-state index contributed by atoms with van der Waals surface area (Å²) in [6.45, 7) is 5.34. The van der Waals surface area contributed by atoms with E-state index in [1.165, 1.54) is 27.6 Å². The number of aryl methyl sites for hydroxylation is 1. The van der Waals surface area contributed by atoms with E-state index in [1.807, 2.05) is 0 Å². The van der Waals surface area contributed by atoms with Crippen molar-refractivity contribution in [1.29, 1.82) is 0 Å². The summed E-state index contributed by atoms with van der Waals surface area (Å²) in [7, 11) is 0. The van der Waals surface area contributed by atoms with Crippen molar-refractivity contribution in [2.45, 2.75) is 32.2 Å². The van der Waals surface area contributed by atoms with E-state index < -0.39 is 0 Å². The van der Waals surface area contributed by atoms with Crippen LogP contribution in [0.4, 0.5) is 0 Å². The van der Waals surface area contributed by atoms with Crippen LogP contribution >= 0.6 is 15.9 Å². The summed E-state index contributed by atoms with van der Waals surface area (Å²) in [6.07, 6.45) is 1.28. The molecule has 110 valence electrons. The van der Waals surface area contributed by atoms with Gasteiger partial charge in [0.15, 0.2) is 0 Å². The molecule has 0 aliphatic heterocycles. The van der Waals surface area contributed by atoms with Gasteiger partial charge in [0.05, 0.1) is 0 Å². The van der Waals surface area contributed by atoms with Crippen LogP contribution in [-0.2, 0) is 0 Å². The molecular weight excluding hydrogens is 322 g/mol. The highest BCUT2D eigenvalue weighted by Gasteiger charge is 2.44. The second kappa shape index (κ2) is 6.33. The molecule has 2 aromatic carbocycles.